The number of sulfonamides is 1. The van der Waals surface area contributed by atoms with Crippen LogP contribution in [0.5, 0.6) is 0 Å². The van der Waals surface area contributed by atoms with Gasteiger partial charge in [-0.1, -0.05) is 0 Å². The first kappa shape index (κ1) is 13.2. The van der Waals surface area contributed by atoms with Crippen molar-refractivity contribution in [2.75, 3.05) is 51.8 Å². The summed E-state index contributed by atoms with van der Waals surface area (Å²) in [6.45, 7) is 4.35. The molecule has 0 radical (unpaired) electrons. The largest absolute Gasteiger partial charge is 0.314 e. The average Bonchev–Trinajstić information content (AvgIpc) is 2.18. The van der Waals surface area contributed by atoms with Gasteiger partial charge in [-0.05, 0) is 12.0 Å². The van der Waals surface area contributed by atoms with Gasteiger partial charge in [0.15, 0.2) is 0 Å². The van der Waals surface area contributed by atoms with Crippen LogP contribution in [0.3, 0.4) is 0 Å². The summed E-state index contributed by atoms with van der Waals surface area (Å²) in [5.41, 5.74) is 0. The third-order valence-electron chi connectivity index (χ3n) is 2.41. The summed E-state index contributed by atoms with van der Waals surface area (Å²) in [5.74, 6) is 0. The number of hydrogen-bond acceptors (Lipinski definition) is 5. The first-order valence-electron chi connectivity index (χ1n) is 4.87. The van der Waals surface area contributed by atoms with Gasteiger partial charge in [0, 0.05) is 39.0 Å². The van der Waals surface area contributed by atoms with Gasteiger partial charge >= 0.3 is 0 Å². The molecule has 7 heteroatoms. The van der Waals surface area contributed by atoms with Crippen molar-refractivity contribution in [3.05, 3.63) is 0 Å². The molecule has 5 nitrogen and oxygen atoms in total. The summed E-state index contributed by atoms with van der Waals surface area (Å²) in [6, 6.07) is 0. The maximum atomic E-state index is 11.2. The van der Waals surface area contributed by atoms with Gasteiger partial charge in [-0.15, -0.1) is 0 Å². The summed E-state index contributed by atoms with van der Waals surface area (Å²) in [6.07, 6.45) is 3.15. The smallest absolute Gasteiger partial charge is 0.211 e. The minimum Gasteiger partial charge on any atom is -0.314 e. The van der Waals surface area contributed by atoms with Gasteiger partial charge in [-0.2, -0.15) is 4.31 Å². The molecule has 0 amide bonds. The number of rotatable bonds is 5. The molecule has 1 fully saturated rings. The summed E-state index contributed by atoms with van der Waals surface area (Å²) < 4.78 is 29.2. The van der Waals surface area contributed by atoms with Crippen molar-refractivity contribution in [3.8, 4) is 0 Å². The summed E-state index contributed by atoms with van der Waals surface area (Å²) >= 11 is 1.36. The SMILES string of the molecule is CSOCCN1CCN(S(C)(=O)=O)CC1. The molecule has 1 heterocycles. The van der Waals surface area contributed by atoms with Gasteiger partial charge in [0.25, 0.3) is 0 Å². The second kappa shape index (κ2) is 6.05. The molecule has 1 saturated heterocycles. The first-order chi connectivity index (χ1) is 7.04. The van der Waals surface area contributed by atoms with Crippen LogP contribution in [0.2, 0.25) is 0 Å². The van der Waals surface area contributed by atoms with Gasteiger partial charge in [0.05, 0.1) is 12.9 Å². The highest BCUT2D eigenvalue weighted by atomic mass is 32.2. The van der Waals surface area contributed by atoms with Gasteiger partial charge in [0.2, 0.25) is 10.0 Å². The fourth-order valence-electron chi connectivity index (χ4n) is 1.53. The van der Waals surface area contributed by atoms with Crippen LogP contribution in [0, 0.1) is 0 Å². The van der Waals surface area contributed by atoms with E-state index >= 15 is 0 Å². The predicted molar refractivity (Wildman–Crippen MR) is 62.3 cm³/mol. The fourth-order valence-corrected chi connectivity index (χ4v) is 2.60. The average molecular weight is 254 g/mol. The lowest BCUT2D eigenvalue weighted by atomic mass is 10.4. The van der Waals surface area contributed by atoms with Crippen LogP contribution >= 0.6 is 12.0 Å². The first-order valence-corrected chi connectivity index (χ1v) is 7.87. The number of piperazine rings is 1. The summed E-state index contributed by atoms with van der Waals surface area (Å²) in [7, 11) is -3.00. The Morgan fingerprint density at radius 3 is 2.33 bits per heavy atom. The van der Waals surface area contributed by atoms with Crippen molar-refractivity contribution in [2.45, 2.75) is 0 Å². The van der Waals surface area contributed by atoms with E-state index in [0.29, 0.717) is 19.7 Å². The Bertz CT molecular complexity index is 274. The molecule has 0 unspecified atom stereocenters. The van der Waals surface area contributed by atoms with Crippen LogP contribution in [0.25, 0.3) is 0 Å². The zero-order valence-corrected chi connectivity index (χ0v) is 10.8. The lowest BCUT2D eigenvalue weighted by Gasteiger charge is -2.32. The Hall–Kier alpha value is 0.180. The Balaban J connectivity index is 2.24. The maximum absolute atomic E-state index is 11.2. The maximum Gasteiger partial charge on any atom is 0.211 e. The molecule has 0 bridgehead atoms. The minimum absolute atomic E-state index is 0.595. The van der Waals surface area contributed by atoms with E-state index in [1.165, 1.54) is 22.6 Å². The minimum atomic E-state index is -3.00. The summed E-state index contributed by atoms with van der Waals surface area (Å²) in [4.78, 5) is 2.22. The van der Waals surface area contributed by atoms with Crippen molar-refractivity contribution in [1.82, 2.24) is 9.21 Å². The molecular weight excluding hydrogens is 236 g/mol. The predicted octanol–water partition coefficient (Wildman–Crippen LogP) is -0.142. The Kier molecular flexibility index (Phi) is 5.34. The molecule has 15 heavy (non-hydrogen) atoms. The lowest BCUT2D eigenvalue weighted by molar-refractivity contribution is 0.167. The molecule has 0 aromatic rings. The van der Waals surface area contributed by atoms with Crippen molar-refractivity contribution >= 4 is 22.1 Å². The van der Waals surface area contributed by atoms with Gasteiger partial charge in [0.1, 0.15) is 0 Å². The van der Waals surface area contributed by atoms with Crippen molar-refractivity contribution in [1.29, 1.82) is 0 Å². The molecule has 0 aliphatic carbocycles. The van der Waals surface area contributed by atoms with E-state index in [1.54, 1.807) is 0 Å². The van der Waals surface area contributed by atoms with E-state index in [0.717, 1.165) is 19.6 Å². The third kappa shape index (κ3) is 4.69. The van der Waals surface area contributed by atoms with Gasteiger partial charge in [-0.3, -0.25) is 4.90 Å². The quantitative estimate of drug-likeness (QED) is 0.505. The highest BCUT2D eigenvalue weighted by molar-refractivity contribution is 7.93. The Morgan fingerprint density at radius 2 is 1.87 bits per heavy atom. The van der Waals surface area contributed by atoms with Crippen molar-refractivity contribution in [3.63, 3.8) is 0 Å². The van der Waals surface area contributed by atoms with E-state index in [4.69, 9.17) is 4.18 Å². The van der Waals surface area contributed by atoms with Crippen LogP contribution in [0.1, 0.15) is 0 Å². The Morgan fingerprint density at radius 1 is 1.27 bits per heavy atom. The van der Waals surface area contributed by atoms with E-state index in [9.17, 15) is 8.42 Å². The highest BCUT2D eigenvalue weighted by Gasteiger charge is 2.22. The van der Waals surface area contributed by atoms with Crippen LogP contribution in [0.4, 0.5) is 0 Å². The molecule has 0 saturated carbocycles. The van der Waals surface area contributed by atoms with Crippen molar-refractivity contribution < 1.29 is 12.6 Å². The topological polar surface area (TPSA) is 49.9 Å². The normalized spacial score (nSPS) is 20.7. The molecule has 1 aliphatic heterocycles. The number of hydrogen-bond donors (Lipinski definition) is 0. The van der Waals surface area contributed by atoms with E-state index in [-0.39, 0.29) is 0 Å². The third-order valence-corrected chi connectivity index (χ3v) is 4.11. The van der Waals surface area contributed by atoms with Crippen LogP contribution < -0.4 is 0 Å². The van der Waals surface area contributed by atoms with Gasteiger partial charge in [-0.25, -0.2) is 8.42 Å². The van der Waals surface area contributed by atoms with Crippen LogP contribution in [-0.2, 0) is 14.2 Å². The molecule has 1 aliphatic rings. The number of nitrogens with zero attached hydrogens (tertiary/aromatic N) is 2. The molecule has 0 atom stereocenters. The van der Waals surface area contributed by atoms with Gasteiger partial charge < -0.3 is 4.18 Å². The van der Waals surface area contributed by atoms with E-state index in [1.807, 2.05) is 6.26 Å². The molecule has 0 spiro atoms. The second-order valence-electron chi connectivity index (χ2n) is 3.49. The molecule has 0 aromatic heterocycles. The standard InChI is InChI=1S/C8H18N2O3S2/c1-14-13-8-7-9-3-5-10(6-4-9)15(2,11)12/h3-8H2,1-2H3. The summed E-state index contributed by atoms with van der Waals surface area (Å²) in [5, 5.41) is 0. The Labute approximate surface area is 96.0 Å². The highest BCUT2D eigenvalue weighted by Crippen LogP contribution is 2.06. The van der Waals surface area contributed by atoms with E-state index in [2.05, 4.69) is 4.90 Å². The van der Waals surface area contributed by atoms with Crippen LogP contribution in [-0.4, -0.2) is 69.5 Å². The molecule has 1 rings (SSSR count). The van der Waals surface area contributed by atoms with Crippen LogP contribution in [0.15, 0.2) is 0 Å². The molecular formula is C8H18N2O3S2. The monoisotopic (exact) mass is 254 g/mol. The molecule has 90 valence electrons. The zero-order valence-electron chi connectivity index (χ0n) is 9.18. The fraction of sp³-hybridized carbons (Fsp3) is 1.00. The molecule has 0 aromatic carbocycles. The van der Waals surface area contributed by atoms with Crippen molar-refractivity contribution in [2.24, 2.45) is 0 Å². The molecule has 0 N–H and O–H groups in total. The zero-order chi connectivity index (χ0) is 11.3. The van der Waals surface area contributed by atoms with E-state index < -0.39 is 10.0 Å². The second-order valence-corrected chi connectivity index (χ2v) is 6.04. The lowest BCUT2D eigenvalue weighted by Crippen LogP contribution is -2.48.